The normalized spacial score (nSPS) is 12.9. The van der Waals surface area contributed by atoms with Gasteiger partial charge in [0.05, 0.1) is 6.54 Å². The molecule has 1 fully saturated rings. The highest BCUT2D eigenvalue weighted by molar-refractivity contribution is 7.09. The number of amides is 3. The first-order chi connectivity index (χ1) is 15.9. The summed E-state index contributed by atoms with van der Waals surface area (Å²) in [4.78, 5) is 31.0. The van der Waals surface area contributed by atoms with E-state index in [-0.39, 0.29) is 30.3 Å². The highest BCUT2D eigenvalue weighted by atomic mass is 32.1. The van der Waals surface area contributed by atoms with Crippen LogP contribution in [0.25, 0.3) is 0 Å². The van der Waals surface area contributed by atoms with Crippen molar-refractivity contribution in [2.75, 3.05) is 11.9 Å². The highest BCUT2D eigenvalue weighted by Gasteiger charge is 2.35. The summed E-state index contributed by atoms with van der Waals surface area (Å²) in [5.74, 6) is -0.436. The number of thiophene rings is 1. The van der Waals surface area contributed by atoms with Crippen molar-refractivity contribution < 1.29 is 14.0 Å². The molecule has 4 rings (SSSR count). The molecule has 7 heteroatoms. The molecule has 1 saturated carbocycles. The van der Waals surface area contributed by atoms with Gasteiger partial charge in [0, 0.05) is 23.2 Å². The fourth-order valence-corrected chi connectivity index (χ4v) is 4.42. The second-order valence-electron chi connectivity index (χ2n) is 8.49. The maximum absolute atomic E-state index is 13.4. The third-order valence-corrected chi connectivity index (χ3v) is 6.83. The van der Waals surface area contributed by atoms with Crippen LogP contribution in [-0.2, 0) is 17.9 Å². The van der Waals surface area contributed by atoms with Gasteiger partial charge in [0.25, 0.3) is 0 Å². The van der Waals surface area contributed by atoms with Crippen LogP contribution in [0.15, 0.2) is 60.0 Å². The van der Waals surface area contributed by atoms with E-state index in [2.05, 4.69) is 5.32 Å². The molecule has 3 amide bonds. The molecule has 0 saturated heterocycles. The van der Waals surface area contributed by atoms with Gasteiger partial charge in [0.1, 0.15) is 12.4 Å². The minimum atomic E-state index is -0.307. The minimum Gasteiger partial charge on any atom is -0.332 e. The number of urea groups is 1. The number of carbonyl (C=O) groups is 2. The summed E-state index contributed by atoms with van der Waals surface area (Å²) < 4.78 is 13.3. The lowest BCUT2D eigenvalue weighted by Gasteiger charge is -2.28. The van der Waals surface area contributed by atoms with Crippen molar-refractivity contribution in [2.45, 2.75) is 45.8 Å². The molecule has 0 bridgehead atoms. The van der Waals surface area contributed by atoms with E-state index in [1.54, 1.807) is 33.3 Å². The smallest absolute Gasteiger partial charge is 0.322 e. The van der Waals surface area contributed by atoms with Gasteiger partial charge < -0.3 is 15.1 Å². The van der Waals surface area contributed by atoms with Gasteiger partial charge in [-0.15, -0.1) is 11.3 Å². The number of anilines is 1. The Kier molecular flexibility index (Phi) is 7.08. The van der Waals surface area contributed by atoms with Gasteiger partial charge in [-0.25, -0.2) is 9.18 Å². The Balaban J connectivity index is 1.49. The van der Waals surface area contributed by atoms with Gasteiger partial charge in [-0.3, -0.25) is 4.79 Å². The molecule has 1 N–H and O–H groups in total. The lowest BCUT2D eigenvalue weighted by Crippen LogP contribution is -2.45. The standard InChI is InChI=1S/C26H28FN3O2S/c1-18-5-3-7-24(19(18)2)28-26(32)30(22-12-13-22)17-25(31)29(16-23-6-4-14-33-23)15-20-8-10-21(27)11-9-20/h3-11,14,22H,12-13,15-17H2,1-2H3,(H,28,32). The number of halogens is 1. The van der Waals surface area contributed by atoms with Gasteiger partial charge in [0.2, 0.25) is 5.91 Å². The number of nitrogens with zero attached hydrogens (tertiary/aromatic N) is 2. The topological polar surface area (TPSA) is 52.7 Å². The average Bonchev–Trinajstić information content (AvgIpc) is 3.51. The molecule has 0 radical (unpaired) electrons. The first kappa shape index (κ1) is 23.0. The second kappa shape index (κ2) is 10.2. The molecule has 0 atom stereocenters. The average molecular weight is 466 g/mol. The Hall–Kier alpha value is -3.19. The minimum absolute atomic E-state index is 0.00787. The zero-order chi connectivity index (χ0) is 23.4. The third-order valence-electron chi connectivity index (χ3n) is 5.97. The molecule has 1 aromatic heterocycles. The van der Waals surface area contributed by atoms with E-state index in [0.29, 0.717) is 13.1 Å². The Morgan fingerprint density at radius 1 is 1.03 bits per heavy atom. The largest absolute Gasteiger partial charge is 0.332 e. The van der Waals surface area contributed by atoms with E-state index in [1.807, 2.05) is 49.6 Å². The summed E-state index contributed by atoms with van der Waals surface area (Å²) in [6.07, 6.45) is 1.80. The maximum Gasteiger partial charge on any atom is 0.322 e. The van der Waals surface area contributed by atoms with Gasteiger partial charge in [0.15, 0.2) is 0 Å². The molecule has 1 aliphatic rings. The van der Waals surface area contributed by atoms with Crippen LogP contribution in [0.3, 0.4) is 0 Å². The summed E-state index contributed by atoms with van der Waals surface area (Å²) in [7, 11) is 0. The Morgan fingerprint density at radius 2 is 1.79 bits per heavy atom. The van der Waals surface area contributed by atoms with Crippen molar-refractivity contribution in [1.29, 1.82) is 0 Å². The van der Waals surface area contributed by atoms with Crippen LogP contribution < -0.4 is 5.32 Å². The van der Waals surface area contributed by atoms with Crippen molar-refractivity contribution in [3.63, 3.8) is 0 Å². The monoisotopic (exact) mass is 465 g/mol. The number of carbonyl (C=O) groups excluding carboxylic acids is 2. The quantitative estimate of drug-likeness (QED) is 0.462. The third kappa shape index (κ3) is 5.99. The van der Waals surface area contributed by atoms with Gasteiger partial charge in [-0.05, 0) is 73.0 Å². The molecule has 3 aromatic rings. The van der Waals surface area contributed by atoms with Crippen LogP contribution >= 0.6 is 11.3 Å². The molecule has 2 aromatic carbocycles. The molecule has 1 heterocycles. The molecule has 1 aliphatic carbocycles. The lowest BCUT2D eigenvalue weighted by molar-refractivity contribution is -0.133. The van der Waals surface area contributed by atoms with Gasteiger partial charge >= 0.3 is 6.03 Å². The summed E-state index contributed by atoms with van der Waals surface area (Å²) in [6, 6.07) is 15.7. The van der Waals surface area contributed by atoms with Crippen LogP contribution in [-0.4, -0.2) is 34.3 Å². The number of benzene rings is 2. The zero-order valence-electron chi connectivity index (χ0n) is 18.9. The van der Waals surface area contributed by atoms with Crippen molar-refractivity contribution in [1.82, 2.24) is 9.80 Å². The Morgan fingerprint density at radius 3 is 2.45 bits per heavy atom. The fourth-order valence-electron chi connectivity index (χ4n) is 3.71. The summed E-state index contributed by atoms with van der Waals surface area (Å²) in [5.41, 5.74) is 3.73. The summed E-state index contributed by atoms with van der Waals surface area (Å²) in [5, 5.41) is 4.97. The zero-order valence-corrected chi connectivity index (χ0v) is 19.7. The van der Waals surface area contributed by atoms with E-state index in [1.165, 1.54) is 12.1 Å². The van der Waals surface area contributed by atoms with Crippen molar-refractivity contribution in [3.05, 3.63) is 87.4 Å². The number of aryl methyl sites for hydroxylation is 1. The van der Waals surface area contributed by atoms with Crippen molar-refractivity contribution >= 4 is 29.0 Å². The molecule has 33 heavy (non-hydrogen) atoms. The predicted molar refractivity (Wildman–Crippen MR) is 130 cm³/mol. The molecule has 5 nitrogen and oxygen atoms in total. The maximum atomic E-state index is 13.4. The SMILES string of the molecule is Cc1cccc(NC(=O)N(CC(=O)N(Cc2ccc(F)cc2)Cc2cccs2)C2CC2)c1C. The summed E-state index contributed by atoms with van der Waals surface area (Å²) in [6.45, 7) is 4.79. The highest BCUT2D eigenvalue weighted by Crippen LogP contribution is 2.28. The van der Waals surface area contributed by atoms with E-state index >= 15 is 0 Å². The number of hydrogen-bond donors (Lipinski definition) is 1. The fraction of sp³-hybridized carbons (Fsp3) is 0.308. The molecule has 0 spiro atoms. The molecular formula is C26H28FN3O2S. The molecular weight excluding hydrogens is 437 g/mol. The van der Waals surface area contributed by atoms with Crippen LogP contribution in [0.5, 0.6) is 0 Å². The molecule has 0 aliphatic heterocycles. The van der Waals surface area contributed by atoms with Gasteiger partial charge in [-0.2, -0.15) is 0 Å². The van der Waals surface area contributed by atoms with Crippen LogP contribution in [0.2, 0.25) is 0 Å². The first-order valence-electron chi connectivity index (χ1n) is 11.1. The Labute approximate surface area is 197 Å². The predicted octanol–water partition coefficient (Wildman–Crippen LogP) is 5.73. The number of rotatable bonds is 8. The molecule has 0 unspecified atom stereocenters. The van der Waals surface area contributed by atoms with Crippen LogP contribution in [0.4, 0.5) is 14.9 Å². The van der Waals surface area contributed by atoms with E-state index in [0.717, 1.165) is 40.1 Å². The molecule has 172 valence electrons. The number of nitrogens with one attached hydrogen (secondary N) is 1. The first-order valence-corrected chi connectivity index (χ1v) is 12.0. The van der Waals surface area contributed by atoms with Crippen molar-refractivity contribution in [3.8, 4) is 0 Å². The van der Waals surface area contributed by atoms with E-state index in [4.69, 9.17) is 0 Å². The van der Waals surface area contributed by atoms with Crippen LogP contribution in [0.1, 0.15) is 34.4 Å². The van der Waals surface area contributed by atoms with Crippen molar-refractivity contribution in [2.24, 2.45) is 0 Å². The second-order valence-corrected chi connectivity index (χ2v) is 9.52. The van der Waals surface area contributed by atoms with E-state index < -0.39 is 0 Å². The van der Waals surface area contributed by atoms with E-state index in [9.17, 15) is 14.0 Å². The Bertz CT molecular complexity index is 1110. The van der Waals surface area contributed by atoms with Crippen LogP contribution in [0, 0.1) is 19.7 Å². The lowest BCUT2D eigenvalue weighted by atomic mass is 10.1. The summed E-state index contributed by atoms with van der Waals surface area (Å²) >= 11 is 1.58. The number of hydrogen-bond acceptors (Lipinski definition) is 3. The van der Waals surface area contributed by atoms with Gasteiger partial charge in [-0.1, -0.05) is 30.3 Å².